The second kappa shape index (κ2) is 6.10. The maximum absolute atomic E-state index is 12.4. The van der Waals surface area contributed by atoms with Gasteiger partial charge in [0, 0.05) is 25.9 Å². The number of aryl methyl sites for hydroxylation is 1. The van der Waals surface area contributed by atoms with Gasteiger partial charge in [0.15, 0.2) is 5.82 Å². The minimum atomic E-state index is -0.0628. The summed E-state index contributed by atoms with van der Waals surface area (Å²) < 4.78 is 1.69. The summed E-state index contributed by atoms with van der Waals surface area (Å²) in [6.45, 7) is 1.79. The molecule has 1 fully saturated rings. The molecule has 2 aromatic rings. The first kappa shape index (κ1) is 13.8. The predicted octanol–water partition coefficient (Wildman–Crippen LogP) is 2.02. The largest absolute Gasteiger partial charge is 0.308 e. The number of nitrogens with one attached hydrogen (secondary N) is 1. The number of benzene rings is 1. The van der Waals surface area contributed by atoms with Crippen molar-refractivity contribution in [1.29, 1.82) is 0 Å². The molecule has 0 bridgehead atoms. The molecule has 5 nitrogen and oxygen atoms in total. The molecule has 110 valence electrons. The number of hydrogen-bond donors (Lipinski definition) is 1. The van der Waals surface area contributed by atoms with Crippen molar-refractivity contribution in [1.82, 2.24) is 14.7 Å². The third-order valence-electron chi connectivity index (χ3n) is 3.86. The van der Waals surface area contributed by atoms with Gasteiger partial charge in [-0.25, -0.2) is 0 Å². The van der Waals surface area contributed by atoms with E-state index in [0.29, 0.717) is 5.82 Å². The summed E-state index contributed by atoms with van der Waals surface area (Å²) in [5, 5.41) is 7.11. The average Bonchev–Trinajstić information content (AvgIpc) is 3.09. The zero-order valence-corrected chi connectivity index (χ0v) is 12.2. The quantitative estimate of drug-likeness (QED) is 0.934. The molecule has 3 rings (SSSR count). The summed E-state index contributed by atoms with van der Waals surface area (Å²) in [5.41, 5.74) is 1.25. The molecule has 0 aliphatic carbocycles. The number of carbonyl (C=O) groups excluding carboxylic acids is 1. The molecule has 1 saturated heterocycles. The minimum absolute atomic E-state index is 0.0436. The Hall–Kier alpha value is -2.14. The normalized spacial score (nSPS) is 18.8. The maximum Gasteiger partial charge on any atom is 0.242 e. The monoisotopic (exact) mass is 284 g/mol. The van der Waals surface area contributed by atoms with E-state index in [1.165, 1.54) is 5.56 Å². The molecule has 1 aromatic heterocycles. The van der Waals surface area contributed by atoms with Crippen LogP contribution in [0.3, 0.4) is 0 Å². The van der Waals surface area contributed by atoms with E-state index in [-0.39, 0.29) is 11.9 Å². The van der Waals surface area contributed by atoms with Gasteiger partial charge in [0.2, 0.25) is 5.91 Å². The highest BCUT2D eigenvalue weighted by molar-refractivity contribution is 5.94. The van der Waals surface area contributed by atoms with Crippen LogP contribution in [0.25, 0.3) is 0 Å². The topological polar surface area (TPSA) is 50.2 Å². The van der Waals surface area contributed by atoms with Crippen LogP contribution in [-0.2, 0) is 18.4 Å². The third kappa shape index (κ3) is 3.31. The molecular weight excluding hydrogens is 264 g/mol. The van der Waals surface area contributed by atoms with E-state index in [1.807, 2.05) is 37.5 Å². The van der Waals surface area contributed by atoms with E-state index in [9.17, 15) is 4.79 Å². The highest BCUT2D eigenvalue weighted by Gasteiger charge is 2.30. The Bertz CT molecular complexity index is 608. The van der Waals surface area contributed by atoms with Gasteiger partial charge < -0.3 is 5.32 Å². The lowest BCUT2D eigenvalue weighted by atomic mass is 10.1. The number of rotatable bonds is 4. The fraction of sp³-hybridized carbons (Fsp3) is 0.375. The number of aromatic nitrogens is 2. The van der Waals surface area contributed by atoms with Crippen molar-refractivity contribution in [3.05, 3.63) is 48.2 Å². The maximum atomic E-state index is 12.4. The fourth-order valence-corrected chi connectivity index (χ4v) is 2.82. The van der Waals surface area contributed by atoms with Crippen LogP contribution in [0.5, 0.6) is 0 Å². The Morgan fingerprint density at radius 1 is 1.33 bits per heavy atom. The molecule has 1 N–H and O–H groups in total. The highest BCUT2D eigenvalue weighted by atomic mass is 16.2. The number of likely N-dealkylation sites (tertiary alicyclic amines) is 1. The van der Waals surface area contributed by atoms with Crippen molar-refractivity contribution in [2.75, 3.05) is 11.9 Å². The Morgan fingerprint density at radius 2 is 2.14 bits per heavy atom. The lowest BCUT2D eigenvalue weighted by Crippen LogP contribution is -2.39. The second-order valence-corrected chi connectivity index (χ2v) is 5.48. The first-order valence-corrected chi connectivity index (χ1v) is 7.31. The fourth-order valence-electron chi connectivity index (χ4n) is 2.82. The Kier molecular flexibility index (Phi) is 4.01. The van der Waals surface area contributed by atoms with Crippen LogP contribution in [0.2, 0.25) is 0 Å². The number of carbonyl (C=O) groups is 1. The first-order valence-electron chi connectivity index (χ1n) is 7.31. The molecule has 0 unspecified atom stereocenters. The molecular formula is C16H20N4O. The SMILES string of the molecule is Cn1ccc(NC(=O)[C@H]2CCCN2Cc2ccccc2)n1. The van der Waals surface area contributed by atoms with Crippen molar-refractivity contribution in [3.63, 3.8) is 0 Å². The van der Waals surface area contributed by atoms with Crippen LogP contribution in [0, 0.1) is 0 Å². The molecule has 0 saturated carbocycles. The van der Waals surface area contributed by atoms with Crippen molar-refractivity contribution in [3.8, 4) is 0 Å². The van der Waals surface area contributed by atoms with Gasteiger partial charge in [0.1, 0.15) is 0 Å². The van der Waals surface area contributed by atoms with E-state index < -0.39 is 0 Å². The van der Waals surface area contributed by atoms with Crippen LogP contribution in [0.4, 0.5) is 5.82 Å². The molecule has 1 atom stereocenters. The van der Waals surface area contributed by atoms with Crippen molar-refractivity contribution < 1.29 is 4.79 Å². The molecule has 0 radical (unpaired) electrons. The Balaban J connectivity index is 1.64. The van der Waals surface area contributed by atoms with E-state index in [1.54, 1.807) is 4.68 Å². The lowest BCUT2D eigenvalue weighted by Gasteiger charge is -2.23. The summed E-state index contributed by atoms with van der Waals surface area (Å²) in [5.74, 6) is 0.663. The average molecular weight is 284 g/mol. The van der Waals surface area contributed by atoms with Crippen molar-refractivity contribution in [2.24, 2.45) is 7.05 Å². The van der Waals surface area contributed by atoms with Gasteiger partial charge in [-0.1, -0.05) is 30.3 Å². The molecule has 0 spiro atoms. The first-order chi connectivity index (χ1) is 10.2. The van der Waals surface area contributed by atoms with Crippen molar-refractivity contribution >= 4 is 11.7 Å². The summed E-state index contributed by atoms with van der Waals surface area (Å²) in [4.78, 5) is 14.7. The molecule has 1 amide bonds. The van der Waals surface area contributed by atoms with Gasteiger partial charge in [0.25, 0.3) is 0 Å². The predicted molar refractivity (Wildman–Crippen MR) is 81.7 cm³/mol. The van der Waals surface area contributed by atoms with Gasteiger partial charge in [0.05, 0.1) is 6.04 Å². The summed E-state index contributed by atoms with van der Waals surface area (Å²) in [6.07, 6.45) is 3.80. The summed E-state index contributed by atoms with van der Waals surface area (Å²) in [6, 6.07) is 12.0. The van der Waals surface area contributed by atoms with E-state index >= 15 is 0 Å². The molecule has 1 aliphatic heterocycles. The van der Waals surface area contributed by atoms with Crippen LogP contribution >= 0.6 is 0 Å². The van der Waals surface area contributed by atoms with E-state index in [4.69, 9.17) is 0 Å². The molecule has 1 aliphatic rings. The Labute approximate surface area is 124 Å². The zero-order chi connectivity index (χ0) is 14.7. The minimum Gasteiger partial charge on any atom is -0.308 e. The number of anilines is 1. The molecule has 2 heterocycles. The Morgan fingerprint density at radius 3 is 2.86 bits per heavy atom. The highest BCUT2D eigenvalue weighted by Crippen LogP contribution is 2.21. The van der Waals surface area contributed by atoms with Gasteiger partial charge in [-0.05, 0) is 24.9 Å². The zero-order valence-electron chi connectivity index (χ0n) is 12.2. The standard InChI is InChI=1S/C16H20N4O/c1-19-11-9-15(18-19)17-16(21)14-8-5-10-20(14)12-13-6-3-2-4-7-13/h2-4,6-7,9,11,14H,5,8,10,12H2,1H3,(H,17,18,21)/t14-/m1/s1. The number of amides is 1. The van der Waals surface area contributed by atoms with E-state index in [0.717, 1.165) is 25.9 Å². The summed E-state index contributed by atoms with van der Waals surface area (Å²) in [7, 11) is 1.84. The van der Waals surface area contributed by atoms with Gasteiger partial charge in [-0.2, -0.15) is 5.10 Å². The molecule has 21 heavy (non-hydrogen) atoms. The van der Waals surface area contributed by atoms with E-state index in [2.05, 4.69) is 27.4 Å². The smallest absolute Gasteiger partial charge is 0.242 e. The van der Waals surface area contributed by atoms with Gasteiger partial charge >= 0.3 is 0 Å². The molecule has 5 heteroatoms. The van der Waals surface area contributed by atoms with Gasteiger partial charge in [-0.3, -0.25) is 14.4 Å². The summed E-state index contributed by atoms with van der Waals surface area (Å²) >= 11 is 0. The van der Waals surface area contributed by atoms with Crippen LogP contribution < -0.4 is 5.32 Å². The number of hydrogen-bond acceptors (Lipinski definition) is 3. The molecule has 1 aromatic carbocycles. The lowest BCUT2D eigenvalue weighted by molar-refractivity contribution is -0.120. The van der Waals surface area contributed by atoms with Crippen LogP contribution in [-0.4, -0.2) is 33.2 Å². The van der Waals surface area contributed by atoms with Gasteiger partial charge in [-0.15, -0.1) is 0 Å². The van der Waals surface area contributed by atoms with Crippen molar-refractivity contribution in [2.45, 2.75) is 25.4 Å². The van der Waals surface area contributed by atoms with Crippen LogP contribution in [0.1, 0.15) is 18.4 Å². The number of nitrogens with zero attached hydrogens (tertiary/aromatic N) is 3. The second-order valence-electron chi connectivity index (χ2n) is 5.48. The third-order valence-corrected chi connectivity index (χ3v) is 3.86. The van der Waals surface area contributed by atoms with Crippen LogP contribution in [0.15, 0.2) is 42.6 Å².